The molecule has 0 atom stereocenters. The molecular formula is C18H27N3O3S. The summed E-state index contributed by atoms with van der Waals surface area (Å²) < 4.78 is 25.2. The van der Waals surface area contributed by atoms with E-state index in [2.05, 4.69) is 4.99 Å². The standard InChI is InChI=1S/C18H27N3O3S/c1-3-7-14-15(17(22)21-18(19)20)11-10-13(16(14)25(2,23)24)12-8-5-4-6-9-12/h10-12H,3-9H2,1-2H3,(H4,19,20,21,22). The lowest BCUT2D eigenvalue weighted by Gasteiger charge is -2.26. The Balaban J connectivity index is 2.69. The summed E-state index contributed by atoms with van der Waals surface area (Å²) in [4.78, 5) is 16.3. The van der Waals surface area contributed by atoms with Crippen LogP contribution < -0.4 is 11.5 Å². The Hall–Kier alpha value is -1.89. The molecule has 138 valence electrons. The molecule has 0 aromatic heterocycles. The number of hydrogen-bond acceptors (Lipinski definition) is 3. The van der Waals surface area contributed by atoms with E-state index in [9.17, 15) is 13.2 Å². The van der Waals surface area contributed by atoms with Gasteiger partial charge in [-0.15, -0.1) is 0 Å². The molecule has 0 bridgehead atoms. The summed E-state index contributed by atoms with van der Waals surface area (Å²) in [6.45, 7) is 1.95. The number of benzene rings is 1. The first-order valence-corrected chi connectivity index (χ1v) is 10.6. The first kappa shape index (κ1) is 19.4. The third-order valence-electron chi connectivity index (χ3n) is 4.67. The van der Waals surface area contributed by atoms with E-state index in [1.807, 2.05) is 6.92 Å². The van der Waals surface area contributed by atoms with Crippen LogP contribution >= 0.6 is 0 Å². The number of nitrogens with zero attached hydrogens (tertiary/aromatic N) is 1. The first-order valence-electron chi connectivity index (χ1n) is 8.75. The molecule has 0 spiro atoms. The smallest absolute Gasteiger partial charge is 0.280 e. The highest BCUT2D eigenvalue weighted by Gasteiger charge is 2.28. The average molecular weight is 365 g/mol. The lowest BCUT2D eigenvalue weighted by Crippen LogP contribution is -2.25. The molecule has 2 rings (SSSR count). The molecule has 1 aromatic carbocycles. The van der Waals surface area contributed by atoms with Gasteiger partial charge in [0.25, 0.3) is 5.91 Å². The van der Waals surface area contributed by atoms with Crippen molar-refractivity contribution in [1.29, 1.82) is 0 Å². The minimum Gasteiger partial charge on any atom is -0.370 e. The predicted molar refractivity (Wildman–Crippen MR) is 99.5 cm³/mol. The van der Waals surface area contributed by atoms with Crippen LogP contribution in [0.25, 0.3) is 0 Å². The molecule has 0 heterocycles. The molecule has 1 fully saturated rings. The number of nitrogens with two attached hydrogens (primary N) is 2. The monoisotopic (exact) mass is 365 g/mol. The Bertz CT molecular complexity index is 775. The third kappa shape index (κ3) is 4.60. The molecular weight excluding hydrogens is 338 g/mol. The molecule has 1 amide bonds. The maximum atomic E-state index is 12.6. The summed E-state index contributed by atoms with van der Waals surface area (Å²) in [5, 5.41) is 0. The van der Waals surface area contributed by atoms with Crippen LogP contribution in [0.5, 0.6) is 0 Å². The van der Waals surface area contributed by atoms with Gasteiger partial charge in [-0.2, -0.15) is 4.99 Å². The summed E-state index contributed by atoms with van der Waals surface area (Å²) in [5.41, 5.74) is 12.3. The van der Waals surface area contributed by atoms with E-state index in [4.69, 9.17) is 11.5 Å². The maximum absolute atomic E-state index is 12.6. The van der Waals surface area contributed by atoms with Gasteiger partial charge < -0.3 is 11.5 Å². The molecule has 1 aliphatic rings. The van der Waals surface area contributed by atoms with Crippen LogP contribution in [0.2, 0.25) is 0 Å². The van der Waals surface area contributed by atoms with Crippen LogP contribution in [0.15, 0.2) is 22.0 Å². The normalized spacial score (nSPS) is 15.8. The Morgan fingerprint density at radius 1 is 1.20 bits per heavy atom. The zero-order valence-corrected chi connectivity index (χ0v) is 15.7. The van der Waals surface area contributed by atoms with Crippen LogP contribution in [-0.2, 0) is 16.3 Å². The highest BCUT2D eigenvalue weighted by Crippen LogP contribution is 2.38. The second-order valence-corrected chi connectivity index (χ2v) is 8.66. The summed E-state index contributed by atoms with van der Waals surface area (Å²) in [6, 6.07) is 3.46. The van der Waals surface area contributed by atoms with E-state index in [0.717, 1.165) is 37.7 Å². The highest BCUT2D eigenvalue weighted by atomic mass is 32.2. The van der Waals surface area contributed by atoms with Gasteiger partial charge >= 0.3 is 0 Å². The number of amides is 1. The molecule has 25 heavy (non-hydrogen) atoms. The molecule has 1 aromatic rings. The average Bonchev–Trinajstić information content (AvgIpc) is 2.53. The van der Waals surface area contributed by atoms with Crippen LogP contribution in [0, 0.1) is 0 Å². The van der Waals surface area contributed by atoms with Crippen molar-refractivity contribution in [3.63, 3.8) is 0 Å². The van der Waals surface area contributed by atoms with Crippen molar-refractivity contribution in [1.82, 2.24) is 0 Å². The molecule has 0 aliphatic heterocycles. The van der Waals surface area contributed by atoms with E-state index in [0.29, 0.717) is 16.9 Å². The van der Waals surface area contributed by atoms with E-state index < -0.39 is 15.7 Å². The van der Waals surface area contributed by atoms with Crippen LogP contribution in [0.1, 0.15) is 72.9 Å². The molecule has 6 nitrogen and oxygen atoms in total. The largest absolute Gasteiger partial charge is 0.370 e. The molecule has 1 aliphatic carbocycles. The third-order valence-corrected chi connectivity index (χ3v) is 5.89. The minimum absolute atomic E-state index is 0.223. The van der Waals surface area contributed by atoms with E-state index in [1.165, 1.54) is 12.7 Å². The van der Waals surface area contributed by atoms with Crippen LogP contribution in [-0.4, -0.2) is 26.5 Å². The summed E-state index contributed by atoms with van der Waals surface area (Å²) in [5.74, 6) is -0.699. The topological polar surface area (TPSA) is 116 Å². The maximum Gasteiger partial charge on any atom is 0.280 e. The van der Waals surface area contributed by atoms with Gasteiger partial charge in [0.15, 0.2) is 15.8 Å². The van der Waals surface area contributed by atoms with Gasteiger partial charge in [0.05, 0.1) is 4.90 Å². The fourth-order valence-corrected chi connectivity index (χ4v) is 5.02. The molecule has 7 heteroatoms. The molecule has 0 radical (unpaired) electrons. The number of carbonyl (C=O) groups excluding carboxylic acids is 1. The van der Waals surface area contributed by atoms with Gasteiger partial charge in [0, 0.05) is 11.8 Å². The van der Waals surface area contributed by atoms with Crippen molar-refractivity contribution in [2.75, 3.05) is 6.26 Å². The molecule has 0 saturated heterocycles. The van der Waals surface area contributed by atoms with Crippen molar-refractivity contribution in [2.45, 2.75) is 62.7 Å². The van der Waals surface area contributed by atoms with Gasteiger partial charge in [-0.25, -0.2) is 8.42 Å². The Morgan fingerprint density at radius 3 is 2.36 bits per heavy atom. The summed E-state index contributed by atoms with van der Waals surface area (Å²) in [6.07, 6.45) is 7.78. The van der Waals surface area contributed by atoms with Crippen molar-refractivity contribution in [2.24, 2.45) is 16.5 Å². The van der Waals surface area contributed by atoms with Gasteiger partial charge in [0.2, 0.25) is 0 Å². The number of hydrogen-bond donors (Lipinski definition) is 2. The predicted octanol–water partition coefficient (Wildman–Crippen LogP) is 2.50. The second kappa shape index (κ2) is 7.99. The number of guanidine groups is 1. The highest BCUT2D eigenvalue weighted by molar-refractivity contribution is 7.90. The SMILES string of the molecule is CCCc1c(C(=O)N=C(N)N)ccc(C2CCCCC2)c1S(C)(=O)=O. The first-order chi connectivity index (χ1) is 11.8. The molecule has 4 N–H and O–H groups in total. The zero-order chi connectivity index (χ0) is 18.6. The van der Waals surface area contributed by atoms with Crippen molar-refractivity contribution in [3.8, 4) is 0 Å². The van der Waals surface area contributed by atoms with Crippen LogP contribution in [0.3, 0.4) is 0 Å². The zero-order valence-electron chi connectivity index (χ0n) is 14.9. The van der Waals surface area contributed by atoms with Gasteiger partial charge in [0.1, 0.15) is 0 Å². The molecule has 1 saturated carbocycles. The van der Waals surface area contributed by atoms with Crippen molar-refractivity contribution >= 4 is 21.7 Å². The molecule has 0 unspecified atom stereocenters. The van der Waals surface area contributed by atoms with E-state index in [-0.39, 0.29) is 17.4 Å². The lowest BCUT2D eigenvalue weighted by atomic mass is 9.82. The van der Waals surface area contributed by atoms with Crippen molar-refractivity contribution < 1.29 is 13.2 Å². The van der Waals surface area contributed by atoms with Gasteiger partial charge in [-0.05, 0) is 42.4 Å². The Labute approximate surface area is 149 Å². The number of rotatable bonds is 5. The Morgan fingerprint density at radius 2 is 1.84 bits per heavy atom. The quantitative estimate of drug-likeness (QED) is 0.614. The fraction of sp³-hybridized carbons (Fsp3) is 0.556. The summed E-state index contributed by atoms with van der Waals surface area (Å²) >= 11 is 0. The minimum atomic E-state index is -3.48. The Kier molecular flexibility index (Phi) is 6.21. The number of sulfone groups is 1. The van der Waals surface area contributed by atoms with Gasteiger partial charge in [-0.3, -0.25) is 4.79 Å². The second-order valence-electron chi connectivity index (χ2n) is 6.71. The fourth-order valence-electron chi connectivity index (χ4n) is 3.69. The number of aliphatic imine (C=N–C) groups is 1. The van der Waals surface area contributed by atoms with E-state index in [1.54, 1.807) is 12.1 Å². The lowest BCUT2D eigenvalue weighted by molar-refractivity contribution is 0.100. The van der Waals surface area contributed by atoms with Crippen LogP contribution in [0.4, 0.5) is 0 Å². The number of carbonyl (C=O) groups is 1. The van der Waals surface area contributed by atoms with Crippen molar-refractivity contribution in [3.05, 3.63) is 28.8 Å². The van der Waals surface area contributed by atoms with E-state index >= 15 is 0 Å². The summed E-state index contributed by atoms with van der Waals surface area (Å²) in [7, 11) is -3.48. The van der Waals surface area contributed by atoms with Gasteiger partial charge in [-0.1, -0.05) is 38.7 Å².